The van der Waals surface area contributed by atoms with Gasteiger partial charge in [-0.25, -0.2) is 9.78 Å². The predicted molar refractivity (Wildman–Crippen MR) is 167 cm³/mol. The first-order chi connectivity index (χ1) is 19.8. The van der Waals surface area contributed by atoms with Crippen molar-refractivity contribution in [3.8, 4) is 11.5 Å². The van der Waals surface area contributed by atoms with Crippen molar-refractivity contribution in [3.05, 3.63) is 53.9 Å². The Labute approximate surface area is 246 Å². The molecule has 1 N–H and O–H groups in total. The van der Waals surface area contributed by atoms with Crippen LogP contribution in [0.1, 0.15) is 71.4 Å². The molecular formula is C32H49N5O4. The standard InChI is InChI=1S/C30H43N5O4.C2H6/c1-7-9-10-18-39-27-19-25(11-12-26(27)38-6)34-17-14-22(3)35(30(34)37)20-24-13-15-32-29(23(24)4)33(16-8-2)21-28(36)31-5;1-2/h8,11-13,15-16,19,22H,7,9-10,14,17-18,20-21H2,1-6H3,(H,31,36);1-2H3. The van der Waals surface area contributed by atoms with E-state index in [1.54, 1.807) is 20.4 Å². The molecule has 9 heteroatoms. The summed E-state index contributed by atoms with van der Waals surface area (Å²) in [6.07, 6.45) is 9.49. The summed E-state index contributed by atoms with van der Waals surface area (Å²) in [6, 6.07) is 7.64. The molecule has 3 amide bonds. The summed E-state index contributed by atoms with van der Waals surface area (Å²) in [5, 5.41) is 2.67. The van der Waals surface area contributed by atoms with E-state index in [4.69, 9.17) is 9.47 Å². The Morgan fingerprint density at radius 2 is 1.98 bits per heavy atom. The lowest BCUT2D eigenvalue weighted by molar-refractivity contribution is -0.119. The topological polar surface area (TPSA) is 87.2 Å². The third-order valence-electron chi connectivity index (χ3n) is 7.07. The lowest BCUT2D eigenvalue weighted by atomic mass is 10.1. The van der Waals surface area contributed by atoms with E-state index in [0.717, 1.165) is 42.5 Å². The fourth-order valence-corrected chi connectivity index (χ4v) is 4.67. The third-order valence-corrected chi connectivity index (χ3v) is 7.07. The number of nitrogens with zero attached hydrogens (tertiary/aromatic N) is 4. The van der Waals surface area contributed by atoms with Crippen molar-refractivity contribution in [1.82, 2.24) is 15.2 Å². The molecule has 1 atom stereocenters. The molecule has 2 aromatic rings. The first-order valence-corrected chi connectivity index (χ1v) is 14.8. The van der Waals surface area contributed by atoms with Crippen molar-refractivity contribution in [2.45, 2.75) is 79.8 Å². The zero-order valence-corrected chi connectivity index (χ0v) is 26.2. The van der Waals surface area contributed by atoms with Crippen LogP contribution in [0.4, 0.5) is 16.3 Å². The van der Waals surface area contributed by atoms with E-state index >= 15 is 0 Å². The van der Waals surface area contributed by atoms with Crippen molar-refractivity contribution in [2.24, 2.45) is 0 Å². The van der Waals surface area contributed by atoms with Crippen molar-refractivity contribution >= 4 is 23.4 Å². The fourth-order valence-electron chi connectivity index (χ4n) is 4.67. The molecule has 0 spiro atoms. The Hall–Kier alpha value is -3.75. The number of hydrogen-bond acceptors (Lipinski definition) is 6. The first kappa shape index (κ1) is 33.5. The third kappa shape index (κ3) is 8.87. The Morgan fingerprint density at radius 3 is 2.63 bits per heavy atom. The van der Waals surface area contributed by atoms with Crippen LogP contribution in [0.25, 0.3) is 0 Å². The molecule has 0 radical (unpaired) electrons. The van der Waals surface area contributed by atoms with Crippen LogP contribution in [0.15, 0.2) is 42.7 Å². The zero-order valence-electron chi connectivity index (χ0n) is 26.2. The molecule has 3 rings (SSSR count). The minimum atomic E-state index is -0.108. The molecule has 226 valence electrons. The number of ether oxygens (including phenoxy) is 2. The van der Waals surface area contributed by atoms with Crippen molar-refractivity contribution in [2.75, 3.05) is 43.7 Å². The van der Waals surface area contributed by atoms with Crippen molar-refractivity contribution in [3.63, 3.8) is 0 Å². The van der Waals surface area contributed by atoms with Gasteiger partial charge in [-0.2, -0.15) is 0 Å². The van der Waals surface area contributed by atoms with E-state index in [2.05, 4.69) is 24.1 Å². The molecule has 1 unspecified atom stereocenters. The summed E-state index contributed by atoms with van der Waals surface area (Å²) in [5.41, 5.74) is 2.71. The number of hydrogen-bond donors (Lipinski definition) is 1. The van der Waals surface area contributed by atoms with E-state index in [9.17, 15) is 9.59 Å². The van der Waals surface area contributed by atoms with E-state index in [1.807, 2.05) is 78.9 Å². The summed E-state index contributed by atoms with van der Waals surface area (Å²) in [5.74, 6) is 1.90. The largest absolute Gasteiger partial charge is 0.493 e. The number of unbranched alkanes of at least 4 members (excludes halogenated alkanes) is 2. The lowest BCUT2D eigenvalue weighted by Gasteiger charge is -2.40. The highest BCUT2D eigenvalue weighted by Crippen LogP contribution is 2.34. The molecule has 1 fully saturated rings. The molecule has 41 heavy (non-hydrogen) atoms. The van der Waals surface area contributed by atoms with Gasteiger partial charge in [-0.3, -0.25) is 9.69 Å². The number of rotatable bonds is 13. The van der Waals surface area contributed by atoms with Gasteiger partial charge < -0.3 is 24.6 Å². The summed E-state index contributed by atoms with van der Waals surface area (Å²) in [7, 11) is 3.24. The molecule has 0 bridgehead atoms. The van der Waals surface area contributed by atoms with Crippen LogP contribution in [0.3, 0.4) is 0 Å². The molecule has 1 aliphatic heterocycles. The number of anilines is 2. The highest BCUT2D eigenvalue weighted by Gasteiger charge is 2.32. The summed E-state index contributed by atoms with van der Waals surface area (Å²) < 4.78 is 11.5. The Kier molecular flexibility index (Phi) is 14.0. The van der Waals surface area contributed by atoms with Gasteiger partial charge in [-0.1, -0.05) is 39.7 Å². The van der Waals surface area contributed by atoms with Gasteiger partial charge in [0.2, 0.25) is 5.91 Å². The van der Waals surface area contributed by atoms with Crippen LogP contribution in [0.2, 0.25) is 0 Å². The smallest absolute Gasteiger partial charge is 0.325 e. The fraction of sp³-hybridized carbons (Fsp3) is 0.531. The summed E-state index contributed by atoms with van der Waals surface area (Å²) in [4.78, 5) is 36.0. The van der Waals surface area contributed by atoms with Gasteiger partial charge in [-0.05, 0) is 62.9 Å². The Morgan fingerprint density at radius 1 is 1.22 bits per heavy atom. The first-order valence-electron chi connectivity index (χ1n) is 14.8. The molecule has 1 saturated heterocycles. The van der Waals surface area contributed by atoms with Crippen LogP contribution in [-0.2, 0) is 11.3 Å². The number of amides is 3. The zero-order chi connectivity index (χ0) is 30.4. The predicted octanol–water partition coefficient (Wildman–Crippen LogP) is 6.30. The minimum Gasteiger partial charge on any atom is -0.493 e. The second-order valence-electron chi connectivity index (χ2n) is 9.79. The monoisotopic (exact) mass is 567 g/mol. The van der Waals surface area contributed by atoms with Crippen LogP contribution in [0.5, 0.6) is 11.5 Å². The van der Waals surface area contributed by atoms with Gasteiger partial charge in [0.25, 0.3) is 0 Å². The highest BCUT2D eigenvalue weighted by atomic mass is 16.5. The molecule has 0 saturated carbocycles. The van der Waals surface area contributed by atoms with Gasteiger partial charge in [0.05, 0.1) is 13.7 Å². The second kappa shape index (κ2) is 17.1. The number of aromatic nitrogens is 1. The van der Waals surface area contributed by atoms with Crippen LogP contribution >= 0.6 is 0 Å². The Bertz CT molecular complexity index is 1150. The van der Waals surface area contributed by atoms with Crippen LogP contribution in [-0.4, -0.2) is 61.7 Å². The number of methoxy groups -OCH3 is 1. The number of carbonyl (C=O) groups is 2. The summed E-state index contributed by atoms with van der Waals surface area (Å²) >= 11 is 0. The minimum absolute atomic E-state index is 0.0516. The molecule has 1 aliphatic rings. The van der Waals surface area contributed by atoms with Gasteiger partial charge >= 0.3 is 6.03 Å². The average Bonchev–Trinajstić information content (AvgIpc) is 2.99. The maximum atomic E-state index is 13.8. The second-order valence-corrected chi connectivity index (χ2v) is 9.79. The van der Waals surface area contributed by atoms with Gasteiger partial charge in [0.1, 0.15) is 12.4 Å². The quantitative estimate of drug-likeness (QED) is 0.286. The number of allylic oxidation sites excluding steroid dienone is 1. The van der Waals surface area contributed by atoms with Crippen molar-refractivity contribution < 1.29 is 19.1 Å². The average molecular weight is 568 g/mol. The molecule has 2 heterocycles. The number of urea groups is 1. The molecular weight excluding hydrogens is 518 g/mol. The number of nitrogens with one attached hydrogen (secondary N) is 1. The molecule has 9 nitrogen and oxygen atoms in total. The van der Waals surface area contributed by atoms with E-state index in [-0.39, 0.29) is 24.5 Å². The van der Waals surface area contributed by atoms with E-state index in [0.29, 0.717) is 37.0 Å². The number of likely N-dealkylation sites (N-methyl/N-ethyl adjacent to an activating group) is 1. The SMILES string of the molecule is CC.CC=CN(CC(=O)NC)c1nccc(CN2C(=O)N(c3ccc(OC)c(OCCCCC)c3)CCC2C)c1C. The maximum Gasteiger partial charge on any atom is 0.325 e. The van der Waals surface area contributed by atoms with E-state index in [1.165, 1.54) is 0 Å². The van der Waals surface area contributed by atoms with Crippen molar-refractivity contribution in [1.29, 1.82) is 0 Å². The normalized spacial score (nSPS) is 14.9. The van der Waals surface area contributed by atoms with Crippen LogP contribution in [0, 0.1) is 6.92 Å². The number of benzene rings is 1. The summed E-state index contributed by atoms with van der Waals surface area (Å²) in [6.45, 7) is 14.0. The van der Waals surface area contributed by atoms with Gasteiger partial charge in [-0.15, -0.1) is 0 Å². The van der Waals surface area contributed by atoms with Crippen LogP contribution < -0.4 is 24.6 Å². The number of pyridine rings is 1. The lowest BCUT2D eigenvalue weighted by Crippen LogP contribution is -2.53. The molecule has 0 aliphatic carbocycles. The van der Waals surface area contributed by atoms with Gasteiger partial charge in [0, 0.05) is 50.3 Å². The molecule has 1 aromatic heterocycles. The van der Waals surface area contributed by atoms with E-state index < -0.39 is 0 Å². The highest BCUT2D eigenvalue weighted by molar-refractivity contribution is 5.93. The maximum absolute atomic E-state index is 13.8. The number of carbonyl (C=O) groups excluding carboxylic acids is 2. The Balaban J connectivity index is 0.00000287. The molecule has 1 aromatic carbocycles. The van der Waals surface area contributed by atoms with Gasteiger partial charge in [0.15, 0.2) is 11.5 Å².